The quantitative estimate of drug-likeness (QED) is 0.418. The normalized spacial score (nSPS) is 10.9. The monoisotopic (exact) mass is 380 g/mol. The number of aromatic nitrogens is 3. The van der Waals surface area contributed by atoms with Gasteiger partial charge in [-0.05, 0) is 52.9 Å². The number of benzene rings is 3. The Morgan fingerprint density at radius 2 is 1.69 bits per heavy atom. The van der Waals surface area contributed by atoms with Gasteiger partial charge in [0.2, 0.25) is 0 Å². The van der Waals surface area contributed by atoms with Crippen molar-refractivity contribution in [1.29, 1.82) is 0 Å². The van der Waals surface area contributed by atoms with Crippen molar-refractivity contribution in [3.8, 4) is 16.8 Å². The number of hydrogen-bond acceptors (Lipinski definition) is 3. The maximum atomic E-state index is 13.3. The second kappa shape index (κ2) is 7.20. The van der Waals surface area contributed by atoms with Crippen molar-refractivity contribution >= 4 is 22.3 Å². The Labute approximate surface area is 167 Å². The molecular weight excluding hydrogens is 363 g/mol. The lowest BCUT2D eigenvalue weighted by Crippen LogP contribution is -1.97. The second-order valence-corrected chi connectivity index (χ2v) is 6.71. The first-order valence-electron chi connectivity index (χ1n) is 9.27. The third kappa shape index (κ3) is 3.34. The maximum absolute atomic E-state index is 13.3. The minimum atomic E-state index is -0.240. The van der Waals surface area contributed by atoms with Crippen LogP contribution in [0.2, 0.25) is 0 Å². The molecule has 5 aromatic rings. The van der Waals surface area contributed by atoms with Gasteiger partial charge in [0.15, 0.2) is 0 Å². The molecule has 0 aliphatic rings. The average Bonchev–Trinajstić information content (AvgIpc) is 3.30. The Morgan fingerprint density at radius 1 is 0.828 bits per heavy atom. The van der Waals surface area contributed by atoms with E-state index in [-0.39, 0.29) is 5.82 Å². The standard InChI is InChI=1S/C24H17FN4/c25-18-9-7-17(8-10-18)21-5-2-6-23-22(21)11-12-27-24(23)28-19-3-1-4-20(15-19)29-14-13-26-16-29/h1-16H,(H,27,28). The highest BCUT2D eigenvalue weighted by atomic mass is 19.1. The Morgan fingerprint density at radius 3 is 2.52 bits per heavy atom. The van der Waals surface area contributed by atoms with E-state index in [0.29, 0.717) is 0 Å². The number of pyridine rings is 1. The van der Waals surface area contributed by atoms with Gasteiger partial charge in [0.25, 0.3) is 0 Å². The van der Waals surface area contributed by atoms with Crippen LogP contribution in [0.4, 0.5) is 15.9 Å². The van der Waals surface area contributed by atoms with Crippen LogP contribution in [-0.2, 0) is 0 Å². The summed E-state index contributed by atoms with van der Waals surface area (Å²) in [7, 11) is 0. The minimum Gasteiger partial charge on any atom is -0.340 e. The molecule has 5 rings (SSSR count). The minimum absolute atomic E-state index is 0.240. The first-order chi connectivity index (χ1) is 14.3. The summed E-state index contributed by atoms with van der Waals surface area (Å²) in [6, 6.07) is 22.7. The first kappa shape index (κ1) is 17.1. The van der Waals surface area contributed by atoms with Crippen LogP contribution in [0.15, 0.2) is 97.7 Å². The van der Waals surface area contributed by atoms with E-state index < -0.39 is 0 Å². The van der Waals surface area contributed by atoms with E-state index in [1.54, 1.807) is 30.9 Å². The highest BCUT2D eigenvalue weighted by Crippen LogP contribution is 2.32. The molecule has 4 nitrogen and oxygen atoms in total. The number of imidazole rings is 1. The zero-order valence-electron chi connectivity index (χ0n) is 15.5. The summed E-state index contributed by atoms with van der Waals surface area (Å²) in [5, 5.41) is 5.49. The summed E-state index contributed by atoms with van der Waals surface area (Å²) in [4.78, 5) is 8.66. The molecule has 0 saturated carbocycles. The van der Waals surface area contributed by atoms with Gasteiger partial charge in [-0.2, -0.15) is 0 Å². The van der Waals surface area contributed by atoms with E-state index in [2.05, 4.69) is 15.3 Å². The smallest absolute Gasteiger partial charge is 0.138 e. The summed E-state index contributed by atoms with van der Waals surface area (Å²) in [5.41, 5.74) is 3.96. The average molecular weight is 380 g/mol. The number of anilines is 2. The third-order valence-electron chi connectivity index (χ3n) is 4.87. The largest absolute Gasteiger partial charge is 0.340 e. The molecule has 1 N–H and O–H groups in total. The fraction of sp³-hybridized carbons (Fsp3) is 0. The molecular formula is C24H17FN4. The van der Waals surface area contributed by atoms with E-state index >= 15 is 0 Å². The first-order valence-corrected chi connectivity index (χ1v) is 9.27. The maximum Gasteiger partial charge on any atom is 0.138 e. The zero-order chi connectivity index (χ0) is 19.6. The van der Waals surface area contributed by atoms with Crippen LogP contribution in [0.25, 0.3) is 27.6 Å². The van der Waals surface area contributed by atoms with Crippen LogP contribution >= 0.6 is 0 Å². The topological polar surface area (TPSA) is 42.7 Å². The molecule has 0 atom stereocenters. The van der Waals surface area contributed by atoms with Gasteiger partial charge < -0.3 is 9.88 Å². The van der Waals surface area contributed by atoms with Crippen molar-refractivity contribution in [1.82, 2.24) is 14.5 Å². The van der Waals surface area contributed by atoms with Gasteiger partial charge in [0.1, 0.15) is 11.6 Å². The lowest BCUT2D eigenvalue weighted by molar-refractivity contribution is 0.628. The molecule has 2 aromatic heterocycles. The molecule has 0 fully saturated rings. The van der Waals surface area contributed by atoms with Gasteiger partial charge in [-0.25, -0.2) is 14.4 Å². The molecule has 5 heteroatoms. The van der Waals surface area contributed by atoms with E-state index in [4.69, 9.17) is 0 Å². The molecule has 0 saturated heterocycles. The molecule has 0 bridgehead atoms. The Hall–Kier alpha value is -3.99. The highest BCUT2D eigenvalue weighted by molar-refractivity contribution is 6.02. The molecule has 0 spiro atoms. The van der Waals surface area contributed by atoms with Crippen LogP contribution in [0.5, 0.6) is 0 Å². The van der Waals surface area contributed by atoms with Crippen LogP contribution in [0.3, 0.4) is 0 Å². The van der Waals surface area contributed by atoms with Crippen molar-refractivity contribution in [2.24, 2.45) is 0 Å². The number of halogens is 1. The molecule has 140 valence electrons. The molecule has 3 aromatic carbocycles. The van der Waals surface area contributed by atoms with E-state index in [1.165, 1.54) is 12.1 Å². The predicted octanol–water partition coefficient (Wildman–Crippen LogP) is 5.97. The zero-order valence-corrected chi connectivity index (χ0v) is 15.5. The predicted molar refractivity (Wildman–Crippen MR) is 114 cm³/mol. The number of hydrogen-bond donors (Lipinski definition) is 1. The number of nitrogens with one attached hydrogen (secondary N) is 1. The molecule has 0 radical (unpaired) electrons. The fourth-order valence-corrected chi connectivity index (χ4v) is 3.48. The van der Waals surface area contributed by atoms with Gasteiger partial charge in [0, 0.05) is 35.4 Å². The number of rotatable bonds is 4. The molecule has 0 aliphatic heterocycles. The van der Waals surface area contributed by atoms with E-state index in [0.717, 1.165) is 39.1 Å². The van der Waals surface area contributed by atoms with Crippen molar-refractivity contribution in [3.63, 3.8) is 0 Å². The van der Waals surface area contributed by atoms with Crippen molar-refractivity contribution in [2.75, 3.05) is 5.32 Å². The molecule has 0 unspecified atom stereocenters. The van der Waals surface area contributed by atoms with Gasteiger partial charge in [-0.15, -0.1) is 0 Å². The highest BCUT2D eigenvalue weighted by Gasteiger charge is 2.09. The molecule has 29 heavy (non-hydrogen) atoms. The molecule has 2 heterocycles. The SMILES string of the molecule is Fc1ccc(-c2cccc3c(Nc4cccc(-n5ccnc5)c4)nccc23)cc1. The summed E-state index contributed by atoms with van der Waals surface area (Å²) < 4.78 is 15.3. The van der Waals surface area contributed by atoms with Crippen molar-refractivity contribution < 1.29 is 4.39 Å². The van der Waals surface area contributed by atoms with Crippen LogP contribution in [0.1, 0.15) is 0 Å². The lowest BCUT2D eigenvalue weighted by atomic mass is 9.99. The third-order valence-corrected chi connectivity index (χ3v) is 4.87. The summed E-state index contributed by atoms with van der Waals surface area (Å²) in [6.07, 6.45) is 7.22. The van der Waals surface area contributed by atoms with E-state index in [1.807, 2.05) is 59.3 Å². The summed E-state index contributed by atoms with van der Waals surface area (Å²) in [5.74, 6) is 0.532. The summed E-state index contributed by atoms with van der Waals surface area (Å²) >= 11 is 0. The number of fused-ring (bicyclic) bond motifs is 1. The molecule has 0 aliphatic carbocycles. The lowest BCUT2D eigenvalue weighted by Gasteiger charge is -2.13. The fourth-order valence-electron chi connectivity index (χ4n) is 3.48. The molecule has 0 amide bonds. The van der Waals surface area contributed by atoms with Gasteiger partial charge in [-0.3, -0.25) is 0 Å². The van der Waals surface area contributed by atoms with Crippen LogP contribution in [0, 0.1) is 5.82 Å². The van der Waals surface area contributed by atoms with Crippen molar-refractivity contribution in [3.05, 3.63) is 104 Å². The Balaban J connectivity index is 1.56. The van der Waals surface area contributed by atoms with Crippen LogP contribution < -0.4 is 5.32 Å². The van der Waals surface area contributed by atoms with Gasteiger partial charge in [0.05, 0.1) is 6.33 Å². The van der Waals surface area contributed by atoms with Crippen molar-refractivity contribution in [2.45, 2.75) is 0 Å². The van der Waals surface area contributed by atoms with Gasteiger partial charge >= 0.3 is 0 Å². The second-order valence-electron chi connectivity index (χ2n) is 6.71. The number of nitrogens with zero attached hydrogens (tertiary/aromatic N) is 3. The Bertz CT molecular complexity index is 1280. The summed E-state index contributed by atoms with van der Waals surface area (Å²) in [6.45, 7) is 0. The Kier molecular flexibility index (Phi) is 4.26. The van der Waals surface area contributed by atoms with Crippen LogP contribution in [-0.4, -0.2) is 14.5 Å². The van der Waals surface area contributed by atoms with Gasteiger partial charge in [-0.1, -0.05) is 36.4 Å². The van der Waals surface area contributed by atoms with E-state index in [9.17, 15) is 4.39 Å².